The fourth-order valence-electron chi connectivity index (χ4n) is 1.73. The van der Waals surface area contributed by atoms with Gasteiger partial charge in [-0.1, -0.05) is 0 Å². The van der Waals surface area contributed by atoms with Gasteiger partial charge in [-0.3, -0.25) is 5.10 Å². The second-order valence-corrected chi connectivity index (χ2v) is 4.45. The Labute approximate surface area is 106 Å². The van der Waals surface area contributed by atoms with Crippen molar-refractivity contribution in [1.29, 1.82) is 0 Å². The van der Waals surface area contributed by atoms with E-state index in [4.69, 9.17) is 10.5 Å². The first kappa shape index (κ1) is 11.9. The van der Waals surface area contributed by atoms with Crippen LogP contribution in [0.5, 0.6) is 5.75 Å². The molecule has 1 aromatic heterocycles. The first-order chi connectivity index (χ1) is 8.06. The molecule has 1 heterocycles. The summed E-state index contributed by atoms with van der Waals surface area (Å²) in [5.74, 6) is 0.346. The number of rotatable bonds is 2. The van der Waals surface area contributed by atoms with Gasteiger partial charge in [-0.05, 0) is 34.5 Å². The van der Waals surface area contributed by atoms with Gasteiger partial charge < -0.3 is 10.5 Å². The van der Waals surface area contributed by atoms with Gasteiger partial charge in [-0.15, -0.1) is 0 Å². The van der Waals surface area contributed by atoms with Crippen molar-refractivity contribution in [2.45, 2.75) is 6.92 Å². The molecule has 2 aromatic rings. The number of aryl methyl sites for hydroxylation is 1. The number of aromatic amines is 1. The van der Waals surface area contributed by atoms with Crippen LogP contribution in [0.3, 0.4) is 0 Å². The molecule has 0 saturated heterocycles. The van der Waals surface area contributed by atoms with Crippen LogP contribution < -0.4 is 10.5 Å². The number of anilines is 1. The third-order valence-electron chi connectivity index (χ3n) is 2.50. The number of aromatic nitrogens is 2. The van der Waals surface area contributed by atoms with Gasteiger partial charge in [0.25, 0.3) is 0 Å². The van der Waals surface area contributed by atoms with E-state index in [1.165, 1.54) is 13.3 Å². The van der Waals surface area contributed by atoms with Crippen LogP contribution in [0, 0.1) is 12.7 Å². The second-order valence-electron chi connectivity index (χ2n) is 3.59. The van der Waals surface area contributed by atoms with Crippen molar-refractivity contribution in [2.75, 3.05) is 12.8 Å². The molecule has 2 rings (SSSR count). The molecule has 90 valence electrons. The third kappa shape index (κ3) is 1.88. The molecule has 0 spiro atoms. The number of nitrogens with two attached hydrogens (primary N) is 1. The standard InChI is InChI=1S/C11H11BrFN3O/c1-5-3-7(12)9(13)8(10(5)17-2)6-4-15-16-11(6)14/h3-4H,1-2H3,(H3,14,15,16). The number of hydrogen-bond donors (Lipinski definition) is 2. The molecule has 0 atom stereocenters. The highest BCUT2D eigenvalue weighted by atomic mass is 79.9. The number of nitrogen functional groups attached to an aromatic ring is 1. The average Bonchev–Trinajstić information content (AvgIpc) is 2.69. The van der Waals surface area contributed by atoms with Crippen molar-refractivity contribution in [3.63, 3.8) is 0 Å². The van der Waals surface area contributed by atoms with E-state index in [0.717, 1.165) is 5.56 Å². The van der Waals surface area contributed by atoms with E-state index in [9.17, 15) is 4.39 Å². The maximum absolute atomic E-state index is 14.1. The Morgan fingerprint density at radius 2 is 2.24 bits per heavy atom. The Kier molecular flexibility index (Phi) is 3.06. The van der Waals surface area contributed by atoms with E-state index in [2.05, 4.69) is 26.1 Å². The van der Waals surface area contributed by atoms with Gasteiger partial charge in [0.15, 0.2) is 0 Å². The smallest absolute Gasteiger partial charge is 0.149 e. The van der Waals surface area contributed by atoms with Crippen molar-refractivity contribution in [1.82, 2.24) is 10.2 Å². The van der Waals surface area contributed by atoms with Crippen molar-refractivity contribution in [3.05, 3.63) is 28.1 Å². The summed E-state index contributed by atoms with van der Waals surface area (Å²) in [4.78, 5) is 0. The molecule has 4 nitrogen and oxygen atoms in total. The van der Waals surface area contributed by atoms with E-state index in [1.807, 2.05) is 6.92 Å². The Hall–Kier alpha value is -1.56. The minimum atomic E-state index is -0.416. The summed E-state index contributed by atoms with van der Waals surface area (Å²) in [6.07, 6.45) is 1.47. The third-order valence-corrected chi connectivity index (χ3v) is 3.08. The Bertz CT molecular complexity index is 568. The zero-order valence-electron chi connectivity index (χ0n) is 9.34. The number of H-pyrrole nitrogens is 1. The minimum absolute atomic E-state index is 0.305. The summed E-state index contributed by atoms with van der Waals surface area (Å²) in [5.41, 5.74) is 7.33. The van der Waals surface area contributed by atoms with Crippen LogP contribution in [-0.2, 0) is 0 Å². The van der Waals surface area contributed by atoms with E-state index in [1.54, 1.807) is 6.07 Å². The summed E-state index contributed by atoms with van der Waals surface area (Å²) >= 11 is 3.17. The van der Waals surface area contributed by atoms with Crippen LogP contribution >= 0.6 is 15.9 Å². The number of nitrogens with zero attached hydrogens (tertiary/aromatic N) is 1. The predicted octanol–water partition coefficient (Wildman–Crippen LogP) is 2.88. The molecule has 0 fully saturated rings. The quantitative estimate of drug-likeness (QED) is 0.896. The lowest BCUT2D eigenvalue weighted by atomic mass is 10.0. The molecule has 0 aliphatic rings. The van der Waals surface area contributed by atoms with Crippen LogP contribution in [0.2, 0.25) is 0 Å². The molecule has 1 aromatic carbocycles. The molecule has 0 amide bonds. The van der Waals surface area contributed by atoms with Crippen molar-refractivity contribution in [2.24, 2.45) is 0 Å². The molecule has 0 saturated carbocycles. The fraction of sp³-hybridized carbons (Fsp3) is 0.182. The highest BCUT2D eigenvalue weighted by Crippen LogP contribution is 2.40. The van der Waals surface area contributed by atoms with Gasteiger partial charge in [0.1, 0.15) is 17.4 Å². The first-order valence-electron chi connectivity index (χ1n) is 4.88. The van der Waals surface area contributed by atoms with Crippen LogP contribution in [-0.4, -0.2) is 17.3 Å². The van der Waals surface area contributed by atoms with Crippen LogP contribution in [0.1, 0.15) is 5.56 Å². The first-order valence-corrected chi connectivity index (χ1v) is 5.67. The maximum Gasteiger partial charge on any atom is 0.149 e. The van der Waals surface area contributed by atoms with Gasteiger partial charge in [-0.25, -0.2) is 4.39 Å². The zero-order chi connectivity index (χ0) is 12.6. The predicted molar refractivity (Wildman–Crippen MR) is 67.4 cm³/mol. The van der Waals surface area contributed by atoms with Crippen molar-refractivity contribution < 1.29 is 9.13 Å². The van der Waals surface area contributed by atoms with E-state index < -0.39 is 5.82 Å². The van der Waals surface area contributed by atoms with Gasteiger partial charge in [0, 0.05) is 0 Å². The summed E-state index contributed by atoms with van der Waals surface area (Å²) in [6, 6.07) is 1.66. The number of hydrogen-bond acceptors (Lipinski definition) is 3. The SMILES string of the molecule is COc1c(C)cc(Br)c(F)c1-c1cn[nH]c1N. The number of ether oxygens (including phenoxy) is 1. The number of nitrogens with one attached hydrogen (secondary N) is 1. The van der Waals surface area contributed by atoms with Crippen molar-refractivity contribution >= 4 is 21.7 Å². The fourth-order valence-corrected chi connectivity index (χ4v) is 2.28. The lowest BCUT2D eigenvalue weighted by Gasteiger charge is -2.13. The topological polar surface area (TPSA) is 63.9 Å². The molecule has 0 aliphatic heterocycles. The van der Waals surface area contributed by atoms with Gasteiger partial charge >= 0.3 is 0 Å². The monoisotopic (exact) mass is 299 g/mol. The second kappa shape index (κ2) is 4.37. The Morgan fingerprint density at radius 3 is 2.76 bits per heavy atom. The normalized spacial score (nSPS) is 10.6. The highest BCUT2D eigenvalue weighted by molar-refractivity contribution is 9.10. The van der Waals surface area contributed by atoms with Gasteiger partial charge in [0.05, 0.1) is 28.9 Å². The molecule has 0 bridgehead atoms. The molecule has 0 aliphatic carbocycles. The molecular weight excluding hydrogens is 289 g/mol. The maximum atomic E-state index is 14.1. The molecule has 0 radical (unpaired) electrons. The van der Waals surface area contributed by atoms with Crippen LogP contribution in [0.15, 0.2) is 16.7 Å². The highest BCUT2D eigenvalue weighted by Gasteiger charge is 2.20. The van der Waals surface area contributed by atoms with Crippen LogP contribution in [0.25, 0.3) is 11.1 Å². The van der Waals surface area contributed by atoms with E-state index >= 15 is 0 Å². The largest absolute Gasteiger partial charge is 0.496 e. The lowest BCUT2D eigenvalue weighted by Crippen LogP contribution is -1.97. The van der Waals surface area contributed by atoms with Gasteiger partial charge in [0.2, 0.25) is 0 Å². The van der Waals surface area contributed by atoms with E-state index in [-0.39, 0.29) is 0 Å². The van der Waals surface area contributed by atoms with Crippen molar-refractivity contribution in [3.8, 4) is 16.9 Å². The number of halogens is 2. The van der Waals surface area contributed by atoms with E-state index in [0.29, 0.717) is 27.2 Å². The molecule has 6 heteroatoms. The molecule has 17 heavy (non-hydrogen) atoms. The summed E-state index contributed by atoms with van der Waals surface area (Å²) in [5, 5.41) is 6.36. The summed E-state index contributed by atoms with van der Waals surface area (Å²) in [7, 11) is 1.50. The minimum Gasteiger partial charge on any atom is -0.496 e. The Balaban J connectivity index is 2.80. The summed E-state index contributed by atoms with van der Waals surface area (Å²) in [6.45, 7) is 1.84. The van der Waals surface area contributed by atoms with Crippen LogP contribution in [0.4, 0.5) is 10.2 Å². The Morgan fingerprint density at radius 1 is 1.53 bits per heavy atom. The zero-order valence-corrected chi connectivity index (χ0v) is 10.9. The number of benzene rings is 1. The van der Waals surface area contributed by atoms with Gasteiger partial charge in [-0.2, -0.15) is 5.10 Å². The average molecular weight is 300 g/mol. The number of methoxy groups -OCH3 is 1. The lowest BCUT2D eigenvalue weighted by molar-refractivity contribution is 0.410. The molecular formula is C11H11BrFN3O. The molecule has 0 unspecified atom stereocenters. The molecule has 3 N–H and O–H groups in total. The summed E-state index contributed by atoms with van der Waals surface area (Å²) < 4.78 is 19.7.